The number of rotatable bonds is 4. The van der Waals surface area contributed by atoms with E-state index in [1.54, 1.807) is 12.2 Å². The highest BCUT2D eigenvalue weighted by atomic mass is 19.4. The van der Waals surface area contributed by atoms with Crippen molar-refractivity contribution >= 4 is 11.9 Å². The first-order chi connectivity index (χ1) is 10.2. The highest BCUT2D eigenvalue weighted by Crippen LogP contribution is 2.43. The number of hydrogen-bond donors (Lipinski definition) is 2. The fourth-order valence-electron chi connectivity index (χ4n) is 2.32. The number of benzene rings is 1. The molecule has 1 aliphatic heterocycles. The summed E-state index contributed by atoms with van der Waals surface area (Å²) in [7, 11) is 0. The van der Waals surface area contributed by atoms with Crippen LogP contribution in [0.25, 0.3) is 0 Å². The van der Waals surface area contributed by atoms with E-state index in [2.05, 4.69) is 0 Å². The Morgan fingerprint density at radius 3 is 2.36 bits per heavy atom. The van der Waals surface area contributed by atoms with E-state index in [0.29, 0.717) is 4.90 Å². The Balaban J connectivity index is 2.49. The number of nitrogens with one attached hydrogen (secondary N) is 1. The predicted molar refractivity (Wildman–Crippen MR) is 70.7 cm³/mol. The maximum Gasteiger partial charge on any atom is 0.425 e. The first-order valence-electron chi connectivity index (χ1n) is 6.68. The summed E-state index contributed by atoms with van der Waals surface area (Å²) in [5.41, 5.74) is -3.48. The number of imide groups is 1. The second kappa shape index (κ2) is 5.60. The van der Waals surface area contributed by atoms with Gasteiger partial charge in [-0.15, -0.1) is 0 Å². The van der Waals surface area contributed by atoms with E-state index in [9.17, 15) is 27.9 Å². The van der Waals surface area contributed by atoms with Crippen LogP contribution in [0.2, 0.25) is 0 Å². The molecular weight excluding hydrogens is 301 g/mol. The zero-order chi connectivity index (χ0) is 16.5. The minimum absolute atomic E-state index is 0.210. The molecule has 0 bridgehead atoms. The molecule has 2 rings (SSSR count). The van der Waals surface area contributed by atoms with E-state index >= 15 is 0 Å². The molecule has 0 saturated carbocycles. The van der Waals surface area contributed by atoms with Gasteiger partial charge < -0.3 is 10.4 Å². The van der Waals surface area contributed by atoms with Gasteiger partial charge in [-0.05, 0) is 12.0 Å². The van der Waals surface area contributed by atoms with Gasteiger partial charge in [-0.3, -0.25) is 9.69 Å². The molecule has 1 saturated heterocycles. The molecule has 1 aliphatic rings. The third-order valence-corrected chi connectivity index (χ3v) is 3.60. The molecule has 3 amide bonds. The summed E-state index contributed by atoms with van der Waals surface area (Å²) >= 11 is 0. The smallest absolute Gasteiger partial charge is 0.391 e. The molecule has 0 radical (unpaired) electrons. The largest absolute Gasteiger partial charge is 0.425 e. The number of aliphatic hydroxyl groups excluding tert-OH is 1. The molecule has 0 spiro atoms. The number of amides is 3. The standard InChI is InChI=1S/C14H15F3N2O3/c1-2-10(20)8-19-11(21)13(14(15,16)17,18-12(19)22)9-6-4-3-5-7-9/h3-7,10,20H,2,8H2,1H3,(H,18,22)/t10-,13-/m0/s1. The van der Waals surface area contributed by atoms with Gasteiger partial charge in [0.25, 0.3) is 5.91 Å². The molecule has 2 atom stereocenters. The molecule has 0 aliphatic carbocycles. The minimum Gasteiger partial charge on any atom is -0.391 e. The van der Waals surface area contributed by atoms with Gasteiger partial charge in [-0.2, -0.15) is 13.2 Å². The molecule has 8 heteroatoms. The topological polar surface area (TPSA) is 69.6 Å². The van der Waals surface area contributed by atoms with Gasteiger partial charge in [0.15, 0.2) is 0 Å². The summed E-state index contributed by atoms with van der Waals surface area (Å²) in [6.07, 6.45) is -5.87. The monoisotopic (exact) mass is 316 g/mol. The fraction of sp³-hybridized carbons (Fsp3) is 0.429. The average Bonchev–Trinajstić information content (AvgIpc) is 2.73. The zero-order valence-electron chi connectivity index (χ0n) is 11.7. The molecule has 22 heavy (non-hydrogen) atoms. The molecule has 120 valence electrons. The third-order valence-electron chi connectivity index (χ3n) is 3.60. The quantitative estimate of drug-likeness (QED) is 0.832. The summed E-state index contributed by atoms with van der Waals surface area (Å²) < 4.78 is 40.8. The van der Waals surface area contributed by atoms with Crippen molar-refractivity contribution in [1.29, 1.82) is 0 Å². The lowest BCUT2D eigenvalue weighted by Gasteiger charge is -2.29. The molecule has 1 aromatic carbocycles. The lowest BCUT2D eigenvalue weighted by molar-refractivity contribution is -0.198. The van der Waals surface area contributed by atoms with E-state index in [0.717, 1.165) is 12.1 Å². The summed E-state index contributed by atoms with van der Waals surface area (Å²) in [6, 6.07) is 5.31. The number of urea groups is 1. The van der Waals surface area contributed by atoms with Crippen LogP contribution in [0.5, 0.6) is 0 Å². The van der Waals surface area contributed by atoms with Crippen molar-refractivity contribution in [1.82, 2.24) is 10.2 Å². The zero-order valence-corrected chi connectivity index (χ0v) is 11.7. The number of carbonyl (C=O) groups excluding carboxylic acids is 2. The molecule has 2 N–H and O–H groups in total. The van der Waals surface area contributed by atoms with Crippen LogP contribution in [0.1, 0.15) is 18.9 Å². The van der Waals surface area contributed by atoms with E-state index < -0.39 is 36.3 Å². The summed E-state index contributed by atoms with van der Waals surface area (Å²) in [6.45, 7) is 1.11. The highest BCUT2D eigenvalue weighted by Gasteiger charge is 2.68. The average molecular weight is 316 g/mol. The van der Waals surface area contributed by atoms with Crippen molar-refractivity contribution in [3.8, 4) is 0 Å². The predicted octanol–water partition coefficient (Wildman–Crippen LogP) is 1.77. The van der Waals surface area contributed by atoms with Crippen molar-refractivity contribution in [2.75, 3.05) is 6.54 Å². The summed E-state index contributed by atoms with van der Waals surface area (Å²) in [5, 5.41) is 11.3. The van der Waals surface area contributed by atoms with Crippen LogP contribution in [-0.2, 0) is 10.3 Å². The van der Waals surface area contributed by atoms with Gasteiger partial charge in [-0.25, -0.2) is 4.79 Å². The number of nitrogens with zero attached hydrogens (tertiary/aromatic N) is 1. The second-order valence-corrected chi connectivity index (χ2v) is 5.02. The Morgan fingerprint density at radius 2 is 1.86 bits per heavy atom. The number of β-amino-alcohol motifs (C(OH)–C–C–N with tert-alkyl or cyclic N) is 1. The van der Waals surface area contributed by atoms with Crippen LogP contribution in [0, 0.1) is 0 Å². The third kappa shape index (κ3) is 2.43. The second-order valence-electron chi connectivity index (χ2n) is 5.02. The molecular formula is C14H15F3N2O3. The van der Waals surface area contributed by atoms with Gasteiger partial charge in [0.2, 0.25) is 5.54 Å². The number of aliphatic hydroxyl groups is 1. The molecule has 1 aromatic rings. The van der Waals surface area contributed by atoms with Gasteiger partial charge in [0, 0.05) is 0 Å². The maximum atomic E-state index is 13.6. The van der Waals surface area contributed by atoms with Crippen molar-refractivity contribution in [2.45, 2.75) is 31.2 Å². The summed E-state index contributed by atoms with van der Waals surface area (Å²) in [5.74, 6) is -1.43. The lowest BCUT2D eigenvalue weighted by Crippen LogP contribution is -2.55. The molecule has 1 fully saturated rings. The number of hydrogen-bond acceptors (Lipinski definition) is 3. The Morgan fingerprint density at radius 1 is 1.27 bits per heavy atom. The van der Waals surface area contributed by atoms with E-state index in [1.807, 2.05) is 0 Å². The Kier molecular flexibility index (Phi) is 4.15. The van der Waals surface area contributed by atoms with Crippen LogP contribution in [0.4, 0.5) is 18.0 Å². The number of carbonyl (C=O) groups is 2. The van der Waals surface area contributed by atoms with Gasteiger partial charge in [0.05, 0.1) is 12.6 Å². The van der Waals surface area contributed by atoms with Crippen molar-refractivity contribution in [2.24, 2.45) is 0 Å². The Bertz CT molecular complexity index is 576. The van der Waals surface area contributed by atoms with E-state index in [4.69, 9.17) is 0 Å². The first-order valence-corrected chi connectivity index (χ1v) is 6.68. The van der Waals surface area contributed by atoms with Gasteiger partial charge in [-0.1, -0.05) is 37.3 Å². The van der Waals surface area contributed by atoms with Crippen LogP contribution in [0.3, 0.4) is 0 Å². The normalized spacial score (nSPS) is 23.6. The summed E-state index contributed by atoms with van der Waals surface area (Å²) in [4.78, 5) is 24.6. The van der Waals surface area contributed by atoms with E-state index in [1.165, 1.54) is 18.2 Å². The molecule has 0 unspecified atom stereocenters. The first kappa shape index (κ1) is 16.3. The Labute approximate surface area is 124 Å². The molecule has 5 nitrogen and oxygen atoms in total. The van der Waals surface area contributed by atoms with Crippen LogP contribution in [0.15, 0.2) is 30.3 Å². The lowest BCUT2D eigenvalue weighted by atomic mass is 9.89. The minimum atomic E-state index is -5.01. The van der Waals surface area contributed by atoms with Crippen LogP contribution >= 0.6 is 0 Å². The van der Waals surface area contributed by atoms with Crippen molar-refractivity contribution < 1.29 is 27.9 Å². The molecule has 0 aromatic heterocycles. The maximum absolute atomic E-state index is 13.6. The SMILES string of the molecule is CC[C@H](O)CN1C(=O)N[C@](c2ccccc2)(C(F)(F)F)C1=O. The van der Waals surface area contributed by atoms with Crippen LogP contribution < -0.4 is 5.32 Å². The highest BCUT2D eigenvalue weighted by molar-refractivity contribution is 6.08. The van der Waals surface area contributed by atoms with Crippen molar-refractivity contribution in [3.63, 3.8) is 0 Å². The number of alkyl halides is 3. The number of halogens is 3. The van der Waals surface area contributed by atoms with Gasteiger partial charge >= 0.3 is 12.2 Å². The van der Waals surface area contributed by atoms with E-state index in [-0.39, 0.29) is 12.0 Å². The fourth-order valence-corrected chi connectivity index (χ4v) is 2.32. The van der Waals surface area contributed by atoms with Gasteiger partial charge in [0.1, 0.15) is 0 Å². The van der Waals surface area contributed by atoms with Crippen molar-refractivity contribution in [3.05, 3.63) is 35.9 Å². The van der Waals surface area contributed by atoms with Crippen LogP contribution in [-0.4, -0.2) is 40.8 Å². The molecule has 1 heterocycles. The Hall–Kier alpha value is -2.09.